The SMILES string of the molecule is COC[C@H](NC(=O)[C@@H](CC(C)C)NC(=O)OCC1c2ccccc2-c2ccccc21)C(=O)O. The first-order chi connectivity index (χ1) is 15.8. The monoisotopic (exact) mass is 454 g/mol. The molecule has 0 fully saturated rings. The molecule has 1 aliphatic carbocycles. The average molecular weight is 455 g/mol. The summed E-state index contributed by atoms with van der Waals surface area (Å²) >= 11 is 0. The van der Waals surface area contributed by atoms with Crippen molar-refractivity contribution in [2.24, 2.45) is 5.92 Å². The third-order valence-electron chi connectivity index (χ3n) is 5.61. The van der Waals surface area contributed by atoms with E-state index in [0.29, 0.717) is 6.42 Å². The van der Waals surface area contributed by atoms with Gasteiger partial charge in [-0.15, -0.1) is 0 Å². The molecule has 0 saturated heterocycles. The first-order valence-electron chi connectivity index (χ1n) is 11.0. The van der Waals surface area contributed by atoms with E-state index in [4.69, 9.17) is 9.47 Å². The number of benzene rings is 2. The predicted octanol–water partition coefficient (Wildman–Crippen LogP) is 3.16. The summed E-state index contributed by atoms with van der Waals surface area (Å²) in [6.45, 7) is 3.75. The molecule has 1 aliphatic rings. The molecular weight excluding hydrogens is 424 g/mol. The minimum Gasteiger partial charge on any atom is -0.480 e. The van der Waals surface area contributed by atoms with Gasteiger partial charge < -0.3 is 25.2 Å². The molecule has 8 heteroatoms. The van der Waals surface area contributed by atoms with Crippen LogP contribution in [0, 0.1) is 5.92 Å². The molecule has 0 heterocycles. The lowest BCUT2D eigenvalue weighted by Gasteiger charge is -2.23. The van der Waals surface area contributed by atoms with Crippen molar-refractivity contribution in [1.82, 2.24) is 10.6 Å². The summed E-state index contributed by atoms with van der Waals surface area (Å²) in [5.41, 5.74) is 4.42. The highest BCUT2D eigenvalue weighted by molar-refractivity contribution is 5.89. The Morgan fingerprint density at radius 2 is 1.52 bits per heavy atom. The molecule has 0 saturated carbocycles. The van der Waals surface area contributed by atoms with Gasteiger partial charge in [0.1, 0.15) is 12.6 Å². The van der Waals surface area contributed by atoms with Crippen LogP contribution in [0.4, 0.5) is 4.79 Å². The Morgan fingerprint density at radius 3 is 2.03 bits per heavy atom. The molecule has 0 unspecified atom stereocenters. The standard InChI is InChI=1S/C25H30N2O6/c1-15(2)12-21(23(28)26-22(14-32-3)24(29)30)27-25(31)33-13-20-18-10-6-4-8-16(18)17-9-5-7-11-19(17)20/h4-11,15,20-22H,12-14H2,1-3H3,(H,26,28)(H,27,31)(H,29,30)/t21-,22+/m1/s1. The van der Waals surface area contributed by atoms with Crippen molar-refractivity contribution in [3.8, 4) is 11.1 Å². The van der Waals surface area contributed by atoms with Gasteiger partial charge in [-0.05, 0) is 34.6 Å². The van der Waals surface area contributed by atoms with E-state index in [0.717, 1.165) is 22.3 Å². The second-order valence-electron chi connectivity index (χ2n) is 8.51. The number of carbonyl (C=O) groups excluding carboxylic acids is 2. The Labute approximate surface area is 193 Å². The van der Waals surface area contributed by atoms with Gasteiger partial charge in [-0.3, -0.25) is 4.79 Å². The van der Waals surface area contributed by atoms with E-state index in [1.165, 1.54) is 7.11 Å². The van der Waals surface area contributed by atoms with E-state index in [1.807, 2.05) is 50.2 Å². The number of nitrogens with one attached hydrogen (secondary N) is 2. The fourth-order valence-corrected chi connectivity index (χ4v) is 4.10. The van der Waals surface area contributed by atoms with Crippen molar-refractivity contribution in [1.29, 1.82) is 0 Å². The van der Waals surface area contributed by atoms with Crippen molar-refractivity contribution in [3.05, 3.63) is 59.7 Å². The lowest BCUT2D eigenvalue weighted by atomic mass is 9.98. The van der Waals surface area contributed by atoms with E-state index in [1.54, 1.807) is 0 Å². The van der Waals surface area contributed by atoms with E-state index >= 15 is 0 Å². The van der Waals surface area contributed by atoms with Gasteiger partial charge in [-0.1, -0.05) is 62.4 Å². The third-order valence-corrected chi connectivity index (χ3v) is 5.61. The number of rotatable bonds is 10. The maximum absolute atomic E-state index is 12.7. The zero-order valence-electron chi connectivity index (χ0n) is 19.0. The molecule has 2 amide bonds. The minimum absolute atomic E-state index is 0.0836. The first-order valence-corrected chi connectivity index (χ1v) is 11.0. The lowest BCUT2D eigenvalue weighted by Crippen LogP contribution is -2.53. The fraction of sp³-hybridized carbons (Fsp3) is 0.400. The van der Waals surface area contributed by atoms with Crippen molar-refractivity contribution >= 4 is 18.0 Å². The lowest BCUT2D eigenvalue weighted by molar-refractivity contribution is -0.143. The Hall–Kier alpha value is -3.39. The summed E-state index contributed by atoms with van der Waals surface area (Å²) in [5.74, 6) is -1.82. The largest absolute Gasteiger partial charge is 0.480 e. The summed E-state index contributed by atoms with van der Waals surface area (Å²) in [6.07, 6.45) is -0.397. The van der Waals surface area contributed by atoms with Gasteiger partial charge in [-0.25, -0.2) is 9.59 Å². The van der Waals surface area contributed by atoms with E-state index < -0.39 is 30.1 Å². The summed E-state index contributed by atoms with van der Waals surface area (Å²) in [6, 6.07) is 13.9. The highest BCUT2D eigenvalue weighted by Crippen LogP contribution is 2.44. The van der Waals surface area contributed by atoms with Gasteiger partial charge in [0.25, 0.3) is 0 Å². The van der Waals surface area contributed by atoms with Gasteiger partial charge in [0.15, 0.2) is 6.04 Å². The number of amides is 2. The Morgan fingerprint density at radius 1 is 0.939 bits per heavy atom. The topological polar surface area (TPSA) is 114 Å². The molecule has 2 aromatic rings. The molecule has 2 aromatic carbocycles. The van der Waals surface area contributed by atoms with Crippen LogP contribution in [-0.2, 0) is 19.1 Å². The van der Waals surface area contributed by atoms with Crippen LogP contribution in [0.3, 0.4) is 0 Å². The maximum atomic E-state index is 12.7. The van der Waals surface area contributed by atoms with Gasteiger partial charge in [0, 0.05) is 13.0 Å². The number of fused-ring (bicyclic) bond motifs is 3. The molecular formula is C25H30N2O6. The molecule has 176 valence electrons. The van der Waals surface area contributed by atoms with Crippen molar-refractivity contribution < 1.29 is 29.0 Å². The summed E-state index contributed by atoms with van der Waals surface area (Å²) in [7, 11) is 1.35. The smallest absolute Gasteiger partial charge is 0.407 e. The van der Waals surface area contributed by atoms with Crippen LogP contribution >= 0.6 is 0 Å². The van der Waals surface area contributed by atoms with Gasteiger partial charge in [0.05, 0.1) is 6.61 Å². The van der Waals surface area contributed by atoms with Crippen LogP contribution in [0.25, 0.3) is 11.1 Å². The van der Waals surface area contributed by atoms with Crippen LogP contribution in [-0.4, -0.2) is 55.5 Å². The predicted molar refractivity (Wildman–Crippen MR) is 123 cm³/mol. The summed E-state index contributed by atoms with van der Waals surface area (Å²) < 4.78 is 10.4. The Kier molecular flexibility index (Phi) is 8.06. The number of carboxylic acids is 1. The molecule has 0 bridgehead atoms. The molecule has 3 N–H and O–H groups in total. The number of carbonyl (C=O) groups is 3. The molecule has 33 heavy (non-hydrogen) atoms. The van der Waals surface area contributed by atoms with Crippen LogP contribution in [0.5, 0.6) is 0 Å². The second-order valence-corrected chi connectivity index (χ2v) is 8.51. The van der Waals surface area contributed by atoms with E-state index in [-0.39, 0.29) is 25.0 Å². The number of alkyl carbamates (subject to hydrolysis) is 1. The minimum atomic E-state index is -1.21. The van der Waals surface area contributed by atoms with Crippen molar-refractivity contribution in [2.75, 3.05) is 20.3 Å². The molecule has 0 spiro atoms. The van der Waals surface area contributed by atoms with Crippen molar-refractivity contribution in [2.45, 2.75) is 38.3 Å². The molecule has 2 atom stereocenters. The molecule has 8 nitrogen and oxygen atoms in total. The van der Waals surface area contributed by atoms with Gasteiger partial charge in [0.2, 0.25) is 5.91 Å². The number of aliphatic carboxylic acids is 1. The van der Waals surface area contributed by atoms with Crippen LogP contribution < -0.4 is 10.6 Å². The number of ether oxygens (including phenoxy) is 2. The second kappa shape index (κ2) is 11.0. The first kappa shape index (κ1) is 24.3. The Bertz CT molecular complexity index is 960. The maximum Gasteiger partial charge on any atom is 0.407 e. The number of hydrogen-bond donors (Lipinski definition) is 3. The average Bonchev–Trinajstić information content (AvgIpc) is 3.10. The normalized spacial score (nSPS) is 14.2. The highest BCUT2D eigenvalue weighted by atomic mass is 16.5. The Balaban J connectivity index is 1.66. The van der Waals surface area contributed by atoms with Crippen molar-refractivity contribution in [3.63, 3.8) is 0 Å². The van der Waals surface area contributed by atoms with Gasteiger partial charge >= 0.3 is 12.1 Å². The number of carboxylic acid groups (broad SMARTS) is 1. The highest BCUT2D eigenvalue weighted by Gasteiger charge is 2.31. The molecule has 0 aromatic heterocycles. The molecule has 0 aliphatic heterocycles. The zero-order valence-corrected chi connectivity index (χ0v) is 19.0. The number of methoxy groups -OCH3 is 1. The van der Waals surface area contributed by atoms with Crippen LogP contribution in [0.2, 0.25) is 0 Å². The number of hydrogen-bond acceptors (Lipinski definition) is 5. The summed E-state index contributed by atoms with van der Waals surface area (Å²) in [4.78, 5) is 36.6. The third kappa shape index (κ3) is 5.90. The van der Waals surface area contributed by atoms with Crippen LogP contribution in [0.15, 0.2) is 48.5 Å². The van der Waals surface area contributed by atoms with Crippen LogP contribution in [0.1, 0.15) is 37.3 Å². The zero-order chi connectivity index (χ0) is 24.0. The van der Waals surface area contributed by atoms with E-state index in [9.17, 15) is 19.5 Å². The van der Waals surface area contributed by atoms with E-state index in [2.05, 4.69) is 22.8 Å². The van der Waals surface area contributed by atoms with Gasteiger partial charge in [-0.2, -0.15) is 0 Å². The fourth-order valence-electron chi connectivity index (χ4n) is 4.10. The quantitative estimate of drug-likeness (QED) is 0.508. The summed E-state index contributed by atoms with van der Waals surface area (Å²) in [5, 5.41) is 14.3. The molecule has 0 radical (unpaired) electrons. The molecule has 3 rings (SSSR count).